The first-order valence-corrected chi connectivity index (χ1v) is 10.9. The van der Waals surface area contributed by atoms with E-state index in [4.69, 9.17) is 0 Å². The van der Waals surface area contributed by atoms with Gasteiger partial charge in [0.2, 0.25) is 0 Å². The smallest absolute Gasteiger partial charge is 0.321 e. The molecule has 3 aromatic carbocycles. The van der Waals surface area contributed by atoms with Gasteiger partial charge in [0.15, 0.2) is 0 Å². The summed E-state index contributed by atoms with van der Waals surface area (Å²) in [4.78, 5) is 16.8. The van der Waals surface area contributed by atoms with Crippen LogP contribution in [-0.4, -0.2) is 30.6 Å². The Morgan fingerprint density at radius 3 is 2.28 bits per heavy atom. The van der Waals surface area contributed by atoms with Crippen molar-refractivity contribution in [3.05, 3.63) is 96.1 Å². The van der Waals surface area contributed by atoms with Gasteiger partial charge in [0, 0.05) is 36.4 Å². The highest BCUT2D eigenvalue weighted by Gasteiger charge is 2.54. The van der Waals surface area contributed by atoms with Crippen LogP contribution in [0.2, 0.25) is 0 Å². The third-order valence-corrected chi connectivity index (χ3v) is 6.77. The molecule has 2 amide bonds. The van der Waals surface area contributed by atoms with Gasteiger partial charge < -0.3 is 15.1 Å². The van der Waals surface area contributed by atoms with Crippen molar-refractivity contribution in [1.29, 1.82) is 0 Å². The lowest BCUT2D eigenvalue weighted by atomic mass is 9.63. The maximum Gasteiger partial charge on any atom is 0.321 e. The van der Waals surface area contributed by atoms with Crippen molar-refractivity contribution in [3.63, 3.8) is 0 Å². The van der Waals surface area contributed by atoms with Gasteiger partial charge in [-0.3, -0.25) is 0 Å². The molecule has 3 aromatic rings. The monoisotopic (exact) mass is 433 g/mol. The molecule has 1 spiro atoms. The van der Waals surface area contributed by atoms with E-state index in [1.54, 1.807) is 24.3 Å². The fraction of sp³-hybridized carbons (Fsp3) is 0.269. The topological polar surface area (TPSA) is 35.6 Å². The first kappa shape index (κ1) is 20.5. The summed E-state index contributed by atoms with van der Waals surface area (Å²) < 4.78 is 27.0. The van der Waals surface area contributed by atoms with Crippen LogP contribution >= 0.6 is 0 Å². The summed E-state index contributed by atoms with van der Waals surface area (Å²) >= 11 is 0. The fourth-order valence-corrected chi connectivity index (χ4v) is 5.12. The van der Waals surface area contributed by atoms with E-state index in [2.05, 4.69) is 22.3 Å². The zero-order chi connectivity index (χ0) is 22.1. The number of hydrogen-bond donors (Lipinski definition) is 1. The molecule has 2 aliphatic heterocycles. The number of likely N-dealkylation sites (tertiary alicyclic amines) is 1. The van der Waals surface area contributed by atoms with Gasteiger partial charge in [0.05, 0.1) is 6.04 Å². The number of nitrogens with one attached hydrogen (secondary N) is 1. The Bertz CT molecular complexity index is 1100. The van der Waals surface area contributed by atoms with Crippen molar-refractivity contribution >= 4 is 17.4 Å². The number of hydrogen-bond acceptors (Lipinski definition) is 2. The van der Waals surface area contributed by atoms with Crippen molar-refractivity contribution < 1.29 is 13.6 Å². The number of amides is 2. The Labute approximate surface area is 186 Å². The maximum atomic E-state index is 13.9. The molecule has 1 unspecified atom stereocenters. The average Bonchev–Trinajstić information content (AvgIpc) is 2.80. The van der Waals surface area contributed by atoms with Crippen LogP contribution < -0.4 is 10.2 Å². The lowest BCUT2D eigenvalue weighted by Gasteiger charge is -2.61. The molecule has 0 bridgehead atoms. The van der Waals surface area contributed by atoms with Crippen LogP contribution in [0.15, 0.2) is 78.9 Å². The molecule has 0 aliphatic carbocycles. The highest BCUT2D eigenvalue weighted by atomic mass is 19.1. The third kappa shape index (κ3) is 3.81. The molecule has 5 rings (SSSR count). The van der Waals surface area contributed by atoms with Gasteiger partial charge >= 0.3 is 6.03 Å². The minimum Gasteiger partial charge on any atom is -0.363 e. The molecule has 2 aliphatic rings. The Hall–Kier alpha value is -3.41. The van der Waals surface area contributed by atoms with Crippen molar-refractivity contribution in [2.24, 2.45) is 5.41 Å². The molecular formula is C26H25F2N3O. The van der Waals surface area contributed by atoms with Crippen LogP contribution in [0.3, 0.4) is 0 Å². The number of benzene rings is 3. The molecule has 6 heteroatoms. The van der Waals surface area contributed by atoms with Gasteiger partial charge in [-0.15, -0.1) is 0 Å². The minimum atomic E-state index is -0.331. The number of nitrogens with zero attached hydrogens (tertiary/aromatic N) is 2. The highest BCUT2D eigenvalue weighted by Crippen LogP contribution is 2.56. The molecule has 32 heavy (non-hydrogen) atoms. The summed E-state index contributed by atoms with van der Waals surface area (Å²) in [7, 11) is 0. The Kier molecular flexibility index (Phi) is 5.29. The molecular weight excluding hydrogens is 408 g/mol. The van der Waals surface area contributed by atoms with Crippen molar-refractivity contribution in [3.8, 4) is 0 Å². The molecule has 0 saturated carbocycles. The molecule has 2 saturated heterocycles. The first-order valence-electron chi connectivity index (χ1n) is 10.9. The summed E-state index contributed by atoms with van der Waals surface area (Å²) in [6.45, 7) is 2.13. The predicted octanol–water partition coefficient (Wildman–Crippen LogP) is 5.84. The summed E-state index contributed by atoms with van der Waals surface area (Å²) in [5.74, 6) is -0.565. The molecule has 1 N–H and O–H groups in total. The highest BCUT2D eigenvalue weighted by molar-refractivity contribution is 5.89. The number of carbonyl (C=O) groups excluding carboxylic acids is 1. The fourth-order valence-electron chi connectivity index (χ4n) is 5.12. The van der Waals surface area contributed by atoms with E-state index in [0.717, 1.165) is 25.1 Å². The van der Waals surface area contributed by atoms with Crippen LogP contribution in [0.25, 0.3) is 0 Å². The second-order valence-corrected chi connectivity index (χ2v) is 8.71. The van der Waals surface area contributed by atoms with E-state index < -0.39 is 0 Å². The Balaban J connectivity index is 1.31. The Morgan fingerprint density at radius 2 is 1.59 bits per heavy atom. The number of anilines is 2. The number of urea groups is 1. The molecule has 1 atom stereocenters. The van der Waals surface area contributed by atoms with E-state index in [1.165, 1.54) is 23.8 Å². The zero-order valence-corrected chi connectivity index (χ0v) is 17.7. The van der Waals surface area contributed by atoms with Crippen LogP contribution in [0.4, 0.5) is 25.0 Å². The largest absolute Gasteiger partial charge is 0.363 e. The van der Waals surface area contributed by atoms with Crippen molar-refractivity contribution in [2.75, 3.05) is 29.9 Å². The second-order valence-electron chi connectivity index (χ2n) is 8.71. The van der Waals surface area contributed by atoms with Gasteiger partial charge in [0.25, 0.3) is 0 Å². The molecule has 0 radical (unpaired) electrons. The third-order valence-electron chi connectivity index (χ3n) is 6.77. The van der Waals surface area contributed by atoms with Gasteiger partial charge in [-0.05, 0) is 60.9 Å². The number of carbonyl (C=O) groups is 1. The maximum absolute atomic E-state index is 13.9. The Morgan fingerprint density at radius 1 is 0.875 bits per heavy atom. The lowest BCUT2D eigenvalue weighted by Crippen LogP contribution is -2.63. The van der Waals surface area contributed by atoms with Crippen LogP contribution in [0, 0.1) is 17.0 Å². The predicted molar refractivity (Wildman–Crippen MR) is 122 cm³/mol. The van der Waals surface area contributed by atoms with E-state index in [9.17, 15) is 13.6 Å². The standard InChI is InChI=1S/C26H25F2N3O/c27-20-9-11-22(12-10-20)29-25(32)30-15-13-26(14-16-30)18-31(23-8-4-7-21(28)17-23)24(26)19-5-2-1-3-6-19/h1-12,17,24H,13-16,18H2,(H,29,32). The molecule has 4 nitrogen and oxygen atoms in total. The molecule has 2 heterocycles. The minimum absolute atomic E-state index is 0.0420. The molecule has 2 fully saturated rings. The van der Waals surface area contributed by atoms with E-state index in [1.807, 2.05) is 29.2 Å². The normalized spacial score (nSPS) is 19.5. The van der Waals surface area contributed by atoms with E-state index >= 15 is 0 Å². The van der Waals surface area contributed by atoms with Gasteiger partial charge in [0.1, 0.15) is 11.6 Å². The van der Waals surface area contributed by atoms with Gasteiger partial charge in [-0.25, -0.2) is 13.6 Å². The molecule has 0 aromatic heterocycles. The number of piperidine rings is 1. The second kappa shape index (κ2) is 8.26. The average molecular weight is 434 g/mol. The summed E-state index contributed by atoms with van der Waals surface area (Å²) in [5.41, 5.74) is 2.73. The van der Waals surface area contributed by atoms with Crippen molar-refractivity contribution in [2.45, 2.75) is 18.9 Å². The quantitative estimate of drug-likeness (QED) is 0.563. The van der Waals surface area contributed by atoms with Crippen LogP contribution in [0.1, 0.15) is 24.4 Å². The molecule has 164 valence electrons. The zero-order valence-electron chi connectivity index (χ0n) is 17.7. The van der Waals surface area contributed by atoms with E-state index in [-0.39, 0.29) is 29.1 Å². The number of rotatable bonds is 3. The van der Waals surface area contributed by atoms with Crippen molar-refractivity contribution in [1.82, 2.24) is 4.90 Å². The SMILES string of the molecule is O=C(Nc1ccc(F)cc1)N1CCC2(CC1)CN(c1cccc(F)c1)C2c1ccccc1. The van der Waals surface area contributed by atoms with Gasteiger partial charge in [-0.1, -0.05) is 36.4 Å². The summed E-state index contributed by atoms with van der Waals surface area (Å²) in [5, 5.41) is 2.85. The lowest BCUT2D eigenvalue weighted by molar-refractivity contribution is 0.0459. The summed E-state index contributed by atoms with van der Waals surface area (Å²) in [6.07, 6.45) is 1.74. The summed E-state index contributed by atoms with van der Waals surface area (Å²) in [6, 6.07) is 22.9. The van der Waals surface area contributed by atoms with Crippen LogP contribution in [-0.2, 0) is 0 Å². The van der Waals surface area contributed by atoms with E-state index in [0.29, 0.717) is 18.8 Å². The van der Waals surface area contributed by atoms with Gasteiger partial charge in [-0.2, -0.15) is 0 Å². The van der Waals surface area contributed by atoms with Crippen LogP contribution in [0.5, 0.6) is 0 Å². The number of halogens is 2. The first-order chi connectivity index (χ1) is 15.5.